The third-order valence-electron chi connectivity index (χ3n) is 10.6. The van der Waals surface area contributed by atoms with Gasteiger partial charge in [-0.3, -0.25) is 4.79 Å². The van der Waals surface area contributed by atoms with Crippen LogP contribution in [0.2, 0.25) is 0 Å². The highest BCUT2D eigenvalue weighted by Crippen LogP contribution is 2.41. The number of pyridine rings is 1. The van der Waals surface area contributed by atoms with Crippen LogP contribution < -0.4 is 9.80 Å². The molecule has 1 saturated heterocycles. The molecule has 4 aliphatic rings. The number of hydrogen-bond donors (Lipinski definition) is 1. The number of anilines is 2. The van der Waals surface area contributed by atoms with Crippen molar-refractivity contribution in [2.45, 2.75) is 88.3 Å². The number of amides is 2. The predicted octanol–water partition coefficient (Wildman–Crippen LogP) is 6.36. The Morgan fingerprint density at radius 1 is 0.957 bits per heavy atom. The second-order valence-corrected chi connectivity index (χ2v) is 14.3. The van der Waals surface area contributed by atoms with Gasteiger partial charge in [0.1, 0.15) is 23.9 Å². The lowest BCUT2D eigenvalue weighted by atomic mass is 9.78. The van der Waals surface area contributed by atoms with Crippen LogP contribution in [-0.2, 0) is 9.53 Å². The highest BCUT2D eigenvalue weighted by Gasteiger charge is 2.36. The summed E-state index contributed by atoms with van der Waals surface area (Å²) in [6.07, 6.45) is 12.0. The molecule has 1 aliphatic heterocycles. The van der Waals surface area contributed by atoms with Crippen molar-refractivity contribution in [1.82, 2.24) is 14.9 Å². The van der Waals surface area contributed by atoms with Gasteiger partial charge in [0.15, 0.2) is 5.89 Å². The molecular formula is C37H47N5O5. The lowest BCUT2D eigenvalue weighted by Crippen LogP contribution is -2.54. The standard InChI is InChI=1S/C37H47N5O5/c1-40(2)34-17-14-29(19-38-34)25-8-6-24(7-9-25)20-42(30-5-3-4-28(18-30)33-23-46-35(39-33)26-10-11-26)36(44)27-12-15-32(16-13-27)47-37(45)41-21-31(43)22-41/h3-5,14,17-19,23-27,31-32,43H,6-13,15-16,20-22H2,1-2H3/t24-,25-,27-,32-. The molecule has 2 aromatic heterocycles. The molecule has 250 valence electrons. The second kappa shape index (κ2) is 13.7. The lowest BCUT2D eigenvalue weighted by molar-refractivity contribution is -0.124. The maximum Gasteiger partial charge on any atom is 0.410 e. The minimum Gasteiger partial charge on any atom is -0.448 e. The van der Waals surface area contributed by atoms with E-state index in [1.165, 1.54) is 10.5 Å². The van der Waals surface area contributed by atoms with Gasteiger partial charge in [-0.2, -0.15) is 0 Å². The summed E-state index contributed by atoms with van der Waals surface area (Å²) >= 11 is 0. The predicted molar refractivity (Wildman–Crippen MR) is 179 cm³/mol. The Morgan fingerprint density at radius 2 is 1.70 bits per heavy atom. The van der Waals surface area contributed by atoms with Gasteiger partial charge in [0, 0.05) is 49.9 Å². The Bertz CT molecular complexity index is 1530. The molecule has 0 spiro atoms. The fourth-order valence-corrected chi connectivity index (χ4v) is 7.40. The van der Waals surface area contributed by atoms with E-state index < -0.39 is 6.10 Å². The largest absolute Gasteiger partial charge is 0.448 e. The Labute approximate surface area is 277 Å². The normalized spacial score (nSPS) is 24.8. The van der Waals surface area contributed by atoms with Gasteiger partial charge >= 0.3 is 6.09 Å². The number of likely N-dealkylation sites (tertiary alicyclic amines) is 1. The van der Waals surface area contributed by atoms with Crippen LogP contribution in [0.25, 0.3) is 11.3 Å². The minimum absolute atomic E-state index is 0.120. The van der Waals surface area contributed by atoms with Crippen molar-refractivity contribution in [3.63, 3.8) is 0 Å². The highest BCUT2D eigenvalue weighted by molar-refractivity contribution is 5.95. The molecule has 0 radical (unpaired) electrons. The van der Waals surface area contributed by atoms with E-state index in [0.717, 1.165) is 67.2 Å². The molecule has 3 saturated carbocycles. The van der Waals surface area contributed by atoms with E-state index in [9.17, 15) is 14.7 Å². The van der Waals surface area contributed by atoms with E-state index in [1.54, 1.807) is 6.26 Å². The number of β-amino-alcohol motifs (C(OH)–C–C–N with tert-alkyl or cyclic N) is 1. The van der Waals surface area contributed by atoms with Crippen molar-refractivity contribution < 1.29 is 23.8 Å². The monoisotopic (exact) mass is 641 g/mol. The molecule has 0 atom stereocenters. The summed E-state index contributed by atoms with van der Waals surface area (Å²) in [5.41, 5.74) is 3.97. The van der Waals surface area contributed by atoms with Gasteiger partial charge in [0.25, 0.3) is 0 Å². The summed E-state index contributed by atoms with van der Waals surface area (Å²) in [7, 11) is 4.02. The molecular weight excluding hydrogens is 594 g/mol. The molecule has 2 amide bonds. The van der Waals surface area contributed by atoms with E-state index in [2.05, 4.69) is 23.2 Å². The number of aliphatic hydroxyl groups is 1. The Kier molecular flexibility index (Phi) is 9.21. The van der Waals surface area contributed by atoms with Crippen LogP contribution in [0.15, 0.2) is 53.3 Å². The van der Waals surface area contributed by atoms with Crippen LogP contribution in [0.1, 0.15) is 87.5 Å². The van der Waals surface area contributed by atoms with Crippen LogP contribution in [0, 0.1) is 11.8 Å². The smallest absolute Gasteiger partial charge is 0.410 e. The zero-order chi connectivity index (χ0) is 32.5. The van der Waals surface area contributed by atoms with Gasteiger partial charge in [0.2, 0.25) is 5.91 Å². The molecule has 47 heavy (non-hydrogen) atoms. The molecule has 7 rings (SSSR count). The number of nitrogens with zero attached hydrogens (tertiary/aromatic N) is 5. The quantitative estimate of drug-likeness (QED) is 0.287. The summed E-state index contributed by atoms with van der Waals surface area (Å²) in [5, 5.41) is 9.53. The number of carbonyl (C=O) groups is 2. The van der Waals surface area contributed by atoms with Crippen molar-refractivity contribution in [3.8, 4) is 11.3 Å². The van der Waals surface area contributed by atoms with Gasteiger partial charge in [-0.15, -0.1) is 0 Å². The topological polar surface area (TPSA) is 112 Å². The zero-order valence-electron chi connectivity index (χ0n) is 27.6. The molecule has 3 heterocycles. The van der Waals surface area contributed by atoms with Crippen molar-refractivity contribution in [3.05, 3.63) is 60.3 Å². The van der Waals surface area contributed by atoms with Gasteiger partial charge in [0.05, 0.1) is 19.2 Å². The van der Waals surface area contributed by atoms with Crippen LogP contribution in [0.4, 0.5) is 16.3 Å². The highest BCUT2D eigenvalue weighted by atomic mass is 16.6. The number of carbonyl (C=O) groups excluding carboxylic acids is 2. The number of aliphatic hydroxyl groups excluding tert-OH is 1. The average Bonchev–Trinajstić information content (AvgIpc) is 3.82. The number of rotatable bonds is 9. The molecule has 3 aliphatic carbocycles. The van der Waals surface area contributed by atoms with Gasteiger partial charge in [-0.25, -0.2) is 14.8 Å². The van der Waals surface area contributed by atoms with Crippen molar-refractivity contribution in [2.24, 2.45) is 11.8 Å². The SMILES string of the molecule is CN(C)c1ccc([C@H]2CC[C@H](CN(c3cccc(-c4coc(C5CC5)n4)c3)C(=O)[C@H]3CC[C@H](OC(=O)N4CC(O)C4)CC3)CC2)cn1. The Hall–Kier alpha value is -3.92. The molecule has 4 fully saturated rings. The maximum absolute atomic E-state index is 14.4. The number of aromatic nitrogens is 2. The van der Waals surface area contributed by atoms with Crippen molar-refractivity contribution in [1.29, 1.82) is 0 Å². The lowest BCUT2D eigenvalue weighted by Gasteiger charge is -2.38. The van der Waals surface area contributed by atoms with Crippen molar-refractivity contribution >= 4 is 23.5 Å². The summed E-state index contributed by atoms with van der Waals surface area (Å²) < 4.78 is 11.5. The van der Waals surface area contributed by atoms with E-state index in [1.807, 2.05) is 48.3 Å². The van der Waals surface area contributed by atoms with Crippen LogP contribution in [0.3, 0.4) is 0 Å². The first kappa shape index (κ1) is 31.7. The van der Waals surface area contributed by atoms with Crippen LogP contribution >= 0.6 is 0 Å². The van der Waals surface area contributed by atoms with Gasteiger partial charge < -0.3 is 29.0 Å². The first-order chi connectivity index (χ1) is 22.8. The van der Waals surface area contributed by atoms with E-state index in [0.29, 0.717) is 63.1 Å². The molecule has 0 bridgehead atoms. The Balaban J connectivity index is 1.03. The first-order valence-electron chi connectivity index (χ1n) is 17.4. The van der Waals surface area contributed by atoms with Crippen LogP contribution in [0.5, 0.6) is 0 Å². The number of benzene rings is 1. The molecule has 0 unspecified atom stereocenters. The summed E-state index contributed by atoms with van der Waals surface area (Å²) in [4.78, 5) is 41.8. The van der Waals surface area contributed by atoms with Crippen molar-refractivity contribution in [2.75, 3.05) is 43.5 Å². The Morgan fingerprint density at radius 3 is 2.36 bits per heavy atom. The maximum atomic E-state index is 14.4. The number of oxazole rings is 1. The number of ether oxygens (including phenoxy) is 1. The van der Waals surface area contributed by atoms with Crippen LogP contribution in [-0.4, -0.2) is 77.9 Å². The summed E-state index contributed by atoms with van der Waals surface area (Å²) in [5.74, 6) is 3.15. The first-order valence-corrected chi connectivity index (χ1v) is 17.4. The average molecular weight is 642 g/mol. The fraction of sp³-hybridized carbons (Fsp3) is 0.568. The molecule has 1 N–H and O–H groups in total. The molecule has 10 nitrogen and oxygen atoms in total. The van der Waals surface area contributed by atoms with Gasteiger partial charge in [-0.05, 0) is 99.8 Å². The second-order valence-electron chi connectivity index (χ2n) is 14.3. The fourth-order valence-electron chi connectivity index (χ4n) is 7.40. The summed E-state index contributed by atoms with van der Waals surface area (Å²) in [6.45, 7) is 1.35. The van der Waals surface area contributed by atoms with E-state index in [4.69, 9.17) is 14.1 Å². The molecule has 1 aromatic carbocycles. The van der Waals surface area contributed by atoms with Gasteiger partial charge in [-0.1, -0.05) is 18.2 Å². The zero-order valence-corrected chi connectivity index (χ0v) is 27.6. The third-order valence-corrected chi connectivity index (χ3v) is 10.6. The molecule has 10 heteroatoms. The molecule has 3 aromatic rings. The number of hydrogen-bond acceptors (Lipinski definition) is 8. The summed E-state index contributed by atoms with van der Waals surface area (Å²) in [6, 6.07) is 12.5. The third kappa shape index (κ3) is 7.32. The van der Waals surface area contributed by atoms with E-state index >= 15 is 0 Å². The van der Waals surface area contributed by atoms with E-state index in [-0.39, 0.29) is 24.0 Å². The minimum atomic E-state index is -0.452.